The Morgan fingerprint density at radius 3 is 2.39 bits per heavy atom. The third kappa shape index (κ3) is 4.68. The topological polar surface area (TPSA) is 66.9 Å². The quantitative estimate of drug-likeness (QED) is 0.723. The number of benzene rings is 2. The number of allylic oxidation sites excluding steroid dienone is 1. The summed E-state index contributed by atoms with van der Waals surface area (Å²) in [6.45, 7) is 1.52. The highest BCUT2D eigenvalue weighted by Gasteiger charge is 2.31. The number of Topliss-reactive ketones (excluding diaryl/α,β-unsaturated/α-hetero) is 1. The molecular weight excluding hydrogens is 392 g/mol. The van der Waals surface area contributed by atoms with Crippen LogP contribution in [0, 0.1) is 0 Å². The number of ketones is 1. The SMILES string of the molecule is COc1ccc(CN2CCN(C(=O)CC3=C(c4ccccc4)CCC3=O)CC2=O)cc1. The van der Waals surface area contributed by atoms with Crippen molar-refractivity contribution in [2.75, 3.05) is 26.7 Å². The van der Waals surface area contributed by atoms with Gasteiger partial charge in [-0.1, -0.05) is 42.5 Å². The molecular formula is C25H26N2O4. The van der Waals surface area contributed by atoms with Gasteiger partial charge in [0.05, 0.1) is 20.1 Å². The van der Waals surface area contributed by atoms with Gasteiger partial charge in [-0.15, -0.1) is 0 Å². The minimum Gasteiger partial charge on any atom is -0.497 e. The third-order valence-electron chi connectivity index (χ3n) is 5.96. The third-order valence-corrected chi connectivity index (χ3v) is 5.96. The number of methoxy groups -OCH3 is 1. The molecule has 2 aromatic carbocycles. The molecule has 2 aromatic rings. The summed E-state index contributed by atoms with van der Waals surface area (Å²) in [5, 5.41) is 0. The highest BCUT2D eigenvalue weighted by molar-refractivity contribution is 6.10. The second kappa shape index (κ2) is 9.16. The largest absolute Gasteiger partial charge is 0.497 e. The molecule has 0 spiro atoms. The maximum Gasteiger partial charge on any atom is 0.242 e. The van der Waals surface area contributed by atoms with Crippen LogP contribution in [-0.4, -0.2) is 54.1 Å². The standard InChI is InChI=1S/C25H26N2O4/c1-31-20-9-7-18(8-10-20)16-26-13-14-27(17-25(26)30)24(29)15-22-21(11-12-23(22)28)19-5-3-2-4-6-19/h2-10H,11-17H2,1H3. The number of amides is 2. The second-order valence-electron chi connectivity index (χ2n) is 7.90. The van der Waals surface area contributed by atoms with Crippen LogP contribution in [0.3, 0.4) is 0 Å². The van der Waals surface area contributed by atoms with E-state index in [4.69, 9.17) is 4.74 Å². The molecule has 160 valence electrons. The van der Waals surface area contributed by atoms with Crippen LogP contribution in [0.1, 0.15) is 30.4 Å². The molecule has 0 N–H and O–H groups in total. The molecule has 6 heteroatoms. The van der Waals surface area contributed by atoms with Crippen LogP contribution >= 0.6 is 0 Å². The van der Waals surface area contributed by atoms with Gasteiger partial charge in [-0.2, -0.15) is 0 Å². The molecule has 1 saturated heterocycles. The molecule has 0 aromatic heterocycles. The van der Waals surface area contributed by atoms with E-state index in [0.29, 0.717) is 38.0 Å². The van der Waals surface area contributed by atoms with Crippen LogP contribution in [-0.2, 0) is 20.9 Å². The smallest absolute Gasteiger partial charge is 0.242 e. The van der Waals surface area contributed by atoms with Crippen molar-refractivity contribution >= 4 is 23.2 Å². The van der Waals surface area contributed by atoms with Crippen LogP contribution in [0.4, 0.5) is 0 Å². The molecule has 6 nitrogen and oxygen atoms in total. The van der Waals surface area contributed by atoms with Gasteiger partial charge >= 0.3 is 0 Å². The fourth-order valence-corrected chi connectivity index (χ4v) is 4.17. The Morgan fingerprint density at radius 2 is 1.71 bits per heavy atom. The molecule has 0 radical (unpaired) electrons. The van der Waals surface area contributed by atoms with Gasteiger partial charge in [-0.05, 0) is 35.3 Å². The lowest BCUT2D eigenvalue weighted by Crippen LogP contribution is -2.51. The van der Waals surface area contributed by atoms with E-state index in [0.717, 1.165) is 22.4 Å². The first-order valence-corrected chi connectivity index (χ1v) is 10.5. The molecule has 2 aliphatic rings. The van der Waals surface area contributed by atoms with E-state index in [1.807, 2.05) is 54.6 Å². The summed E-state index contributed by atoms with van der Waals surface area (Å²) >= 11 is 0. The normalized spacial score (nSPS) is 16.8. The fourth-order valence-electron chi connectivity index (χ4n) is 4.17. The Balaban J connectivity index is 1.39. The first kappa shape index (κ1) is 20.8. The Kier molecular flexibility index (Phi) is 6.16. The van der Waals surface area contributed by atoms with Crippen molar-refractivity contribution in [2.45, 2.75) is 25.8 Å². The zero-order valence-electron chi connectivity index (χ0n) is 17.7. The zero-order chi connectivity index (χ0) is 21.8. The number of piperazine rings is 1. The van der Waals surface area contributed by atoms with Crippen molar-refractivity contribution in [3.05, 3.63) is 71.3 Å². The fraction of sp³-hybridized carbons (Fsp3) is 0.320. The van der Waals surface area contributed by atoms with E-state index >= 15 is 0 Å². The number of nitrogens with zero attached hydrogens (tertiary/aromatic N) is 2. The predicted molar refractivity (Wildman–Crippen MR) is 117 cm³/mol. The van der Waals surface area contributed by atoms with Crippen LogP contribution in [0.15, 0.2) is 60.2 Å². The first-order chi connectivity index (χ1) is 15.0. The molecule has 1 aliphatic carbocycles. The van der Waals surface area contributed by atoms with Crippen LogP contribution < -0.4 is 4.74 Å². The first-order valence-electron chi connectivity index (χ1n) is 10.5. The number of carbonyl (C=O) groups is 3. The Morgan fingerprint density at radius 1 is 0.968 bits per heavy atom. The summed E-state index contributed by atoms with van der Waals surface area (Å²) in [5.74, 6) is 0.578. The zero-order valence-corrected chi connectivity index (χ0v) is 17.7. The van der Waals surface area contributed by atoms with Gasteiger partial charge in [0.2, 0.25) is 11.8 Å². The van der Waals surface area contributed by atoms with Crippen molar-refractivity contribution in [3.8, 4) is 5.75 Å². The highest BCUT2D eigenvalue weighted by atomic mass is 16.5. The van der Waals surface area contributed by atoms with Gasteiger partial charge in [-0.3, -0.25) is 14.4 Å². The number of carbonyl (C=O) groups excluding carboxylic acids is 3. The number of hydrogen-bond acceptors (Lipinski definition) is 4. The summed E-state index contributed by atoms with van der Waals surface area (Å²) in [4.78, 5) is 41.3. The average Bonchev–Trinajstić information content (AvgIpc) is 3.16. The average molecular weight is 418 g/mol. The van der Waals surface area contributed by atoms with Gasteiger partial charge in [0, 0.05) is 31.6 Å². The van der Waals surface area contributed by atoms with Gasteiger partial charge in [0.15, 0.2) is 5.78 Å². The Hall–Kier alpha value is -3.41. The molecule has 31 heavy (non-hydrogen) atoms. The molecule has 0 saturated carbocycles. The van der Waals surface area contributed by atoms with E-state index in [1.54, 1.807) is 16.9 Å². The second-order valence-corrected chi connectivity index (χ2v) is 7.90. The summed E-state index contributed by atoms with van der Waals surface area (Å²) in [5.41, 5.74) is 3.58. The molecule has 2 amide bonds. The maximum absolute atomic E-state index is 12.9. The van der Waals surface area contributed by atoms with Gasteiger partial charge in [0.1, 0.15) is 5.75 Å². The summed E-state index contributed by atoms with van der Waals surface area (Å²) < 4.78 is 5.17. The minimum absolute atomic E-state index is 0.0386. The lowest BCUT2D eigenvalue weighted by atomic mass is 9.99. The van der Waals surface area contributed by atoms with Crippen molar-refractivity contribution in [1.29, 1.82) is 0 Å². The molecule has 0 atom stereocenters. The van der Waals surface area contributed by atoms with Crippen LogP contribution in [0.25, 0.3) is 5.57 Å². The molecule has 1 aliphatic heterocycles. The predicted octanol–water partition coefficient (Wildman–Crippen LogP) is 3.07. The Labute approximate surface area is 182 Å². The van der Waals surface area contributed by atoms with Gasteiger partial charge in [-0.25, -0.2) is 0 Å². The van der Waals surface area contributed by atoms with E-state index in [2.05, 4.69) is 0 Å². The van der Waals surface area contributed by atoms with Crippen molar-refractivity contribution in [1.82, 2.24) is 9.80 Å². The van der Waals surface area contributed by atoms with E-state index in [1.165, 1.54) is 0 Å². The number of rotatable bonds is 6. The maximum atomic E-state index is 12.9. The number of hydrogen-bond donors (Lipinski definition) is 0. The van der Waals surface area contributed by atoms with E-state index < -0.39 is 0 Å². The molecule has 4 rings (SSSR count). The monoisotopic (exact) mass is 418 g/mol. The molecule has 0 unspecified atom stereocenters. The molecule has 1 heterocycles. The van der Waals surface area contributed by atoms with Crippen molar-refractivity contribution < 1.29 is 19.1 Å². The summed E-state index contributed by atoms with van der Waals surface area (Å²) in [6.07, 6.45) is 1.18. The van der Waals surface area contributed by atoms with Crippen molar-refractivity contribution in [3.63, 3.8) is 0 Å². The lowest BCUT2D eigenvalue weighted by Gasteiger charge is -2.34. The molecule has 0 bridgehead atoms. The summed E-state index contributed by atoms with van der Waals surface area (Å²) in [7, 11) is 1.62. The Bertz CT molecular complexity index is 1010. The van der Waals surface area contributed by atoms with Crippen LogP contribution in [0.5, 0.6) is 5.75 Å². The summed E-state index contributed by atoms with van der Waals surface area (Å²) in [6, 6.07) is 17.4. The molecule has 1 fully saturated rings. The minimum atomic E-state index is -0.156. The van der Waals surface area contributed by atoms with Crippen molar-refractivity contribution in [2.24, 2.45) is 0 Å². The lowest BCUT2D eigenvalue weighted by molar-refractivity contribution is -0.145. The van der Waals surface area contributed by atoms with Gasteiger partial charge in [0.25, 0.3) is 0 Å². The number of ether oxygens (including phenoxy) is 1. The van der Waals surface area contributed by atoms with E-state index in [-0.39, 0.29) is 30.6 Å². The van der Waals surface area contributed by atoms with Gasteiger partial charge < -0.3 is 14.5 Å². The highest BCUT2D eigenvalue weighted by Crippen LogP contribution is 2.33. The van der Waals surface area contributed by atoms with Crippen LogP contribution in [0.2, 0.25) is 0 Å². The van der Waals surface area contributed by atoms with E-state index in [9.17, 15) is 14.4 Å².